The molecule has 6 nitrogen and oxygen atoms in total. The highest BCUT2D eigenvalue weighted by Crippen LogP contribution is 2.33. The number of benzene rings is 1. The van der Waals surface area contributed by atoms with Gasteiger partial charge in [0.1, 0.15) is 5.65 Å². The van der Waals surface area contributed by atoms with Gasteiger partial charge < -0.3 is 9.88 Å². The second kappa shape index (κ2) is 9.88. The number of pyridine rings is 3. The molecule has 5 heterocycles. The molecule has 4 aromatic heterocycles. The van der Waals surface area contributed by atoms with Gasteiger partial charge in [0.2, 0.25) is 0 Å². The average Bonchev–Trinajstić information content (AvgIpc) is 3.58. The number of aromatic nitrogens is 4. The van der Waals surface area contributed by atoms with Crippen LogP contribution in [0.25, 0.3) is 44.7 Å². The third kappa shape index (κ3) is 4.90. The van der Waals surface area contributed by atoms with E-state index >= 15 is 0 Å². The molecule has 0 spiro atoms. The van der Waals surface area contributed by atoms with Crippen LogP contribution in [0.2, 0.25) is 0 Å². The Bertz CT molecular complexity index is 1540. The van der Waals surface area contributed by atoms with Crippen LogP contribution in [-0.2, 0) is 6.54 Å². The number of nitrogens with one attached hydrogen (secondary N) is 1. The Morgan fingerprint density at radius 1 is 0.919 bits per heavy atom. The summed E-state index contributed by atoms with van der Waals surface area (Å²) >= 11 is 0. The number of rotatable bonds is 6. The zero-order valence-electron chi connectivity index (χ0n) is 21.6. The van der Waals surface area contributed by atoms with Crippen LogP contribution in [0, 0.1) is 6.92 Å². The summed E-state index contributed by atoms with van der Waals surface area (Å²) < 4.78 is 0. The minimum absolute atomic E-state index is 0.662. The molecule has 6 heteroatoms. The van der Waals surface area contributed by atoms with Crippen LogP contribution in [0.15, 0.2) is 79.3 Å². The number of likely N-dealkylation sites (N-methyl/N-ethyl adjacent to an activating group) is 1. The Morgan fingerprint density at radius 2 is 1.76 bits per heavy atom. The Kier molecular flexibility index (Phi) is 6.28. The molecule has 0 radical (unpaired) electrons. The van der Waals surface area contributed by atoms with Crippen LogP contribution < -0.4 is 0 Å². The number of hydrogen-bond donors (Lipinski definition) is 1. The van der Waals surface area contributed by atoms with E-state index in [0.29, 0.717) is 6.04 Å². The Morgan fingerprint density at radius 3 is 2.54 bits per heavy atom. The lowest BCUT2D eigenvalue weighted by molar-refractivity contribution is 0.264. The van der Waals surface area contributed by atoms with Crippen molar-refractivity contribution >= 4 is 11.0 Å². The van der Waals surface area contributed by atoms with Crippen molar-refractivity contribution in [2.45, 2.75) is 25.9 Å². The van der Waals surface area contributed by atoms with E-state index in [0.717, 1.165) is 64.4 Å². The number of likely N-dealkylation sites (tertiary alicyclic amines) is 1. The number of H-pyrrole nitrogens is 1. The molecule has 0 amide bonds. The molecule has 1 N–H and O–H groups in total. The van der Waals surface area contributed by atoms with Crippen molar-refractivity contribution < 1.29 is 0 Å². The van der Waals surface area contributed by atoms with E-state index in [1.807, 2.05) is 43.7 Å². The number of aryl methyl sites for hydroxylation is 1. The zero-order valence-corrected chi connectivity index (χ0v) is 21.6. The van der Waals surface area contributed by atoms with Crippen molar-refractivity contribution in [1.82, 2.24) is 29.7 Å². The third-order valence-electron chi connectivity index (χ3n) is 7.40. The number of fused-ring (bicyclic) bond motifs is 1. The summed E-state index contributed by atoms with van der Waals surface area (Å²) in [6.07, 6.45) is 7.06. The van der Waals surface area contributed by atoms with Crippen molar-refractivity contribution in [3.63, 3.8) is 0 Å². The Labute approximate surface area is 218 Å². The molecule has 1 atom stereocenters. The van der Waals surface area contributed by atoms with Crippen LogP contribution in [0.3, 0.4) is 0 Å². The second-order valence-electron chi connectivity index (χ2n) is 10.3. The smallest absolute Gasteiger partial charge is 0.138 e. The molecule has 0 aliphatic carbocycles. The topological polar surface area (TPSA) is 60.9 Å². The SMILES string of the molecule is Cc1cccc(-c2cc(-c3cncc(-c4ccc(CN5CC[C@H](N(C)C)C5)cc4)c3)c3cc[nH]c3n2)n1. The molecule has 186 valence electrons. The molecule has 1 aromatic carbocycles. The first kappa shape index (κ1) is 23.5. The third-order valence-corrected chi connectivity index (χ3v) is 7.40. The summed E-state index contributed by atoms with van der Waals surface area (Å²) in [5, 5.41) is 1.08. The molecular formula is C31H32N6. The maximum Gasteiger partial charge on any atom is 0.138 e. The Balaban J connectivity index is 1.29. The van der Waals surface area contributed by atoms with E-state index in [9.17, 15) is 0 Å². The van der Waals surface area contributed by atoms with Gasteiger partial charge in [-0.2, -0.15) is 0 Å². The first-order valence-corrected chi connectivity index (χ1v) is 12.9. The maximum absolute atomic E-state index is 4.83. The van der Waals surface area contributed by atoms with Gasteiger partial charge >= 0.3 is 0 Å². The van der Waals surface area contributed by atoms with E-state index in [1.165, 1.54) is 17.5 Å². The molecule has 1 saturated heterocycles. The number of nitrogens with zero attached hydrogens (tertiary/aromatic N) is 5. The minimum Gasteiger partial charge on any atom is -0.346 e. The standard InChI is InChI=1S/C31H32N6/c1-21-5-4-6-29(34-21)30-16-28(27-11-13-33-31(27)35-30)25-15-24(17-32-18-25)23-9-7-22(8-10-23)19-37-14-12-26(20-37)36(2)3/h4-11,13,15-18,26H,12,14,19-20H2,1-3H3,(H,33,35)/t26-/m0/s1. The fourth-order valence-electron chi connectivity index (χ4n) is 5.28. The molecule has 1 aliphatic heterocycles. The molecular weight excluding hydrogens is 456 g/mol. The van der Waals surface area contributed by atoms with E-state index in [4.69, 9.17) is 9.97 Å². The van der Waals surface area contributed by atoms with E-state index in [1.54, 1.807) is 0 Å². The number of aromatic amines is 1. The van der Waals surface area contributed by atoms with Gasteiger partial charge in [-0.3, -0.25) is 14.9 Å². The van der Waals surface area contributed by atoms with Gasteiger partial charge in [0, 0.05) is 66.5 Å². The largest absolute Gasteiger partial charge is 0.346 e. The fraction of sp³-hybridized carbons (Fsp3) is 0.258. The first-order valence-electron chi connectivity index (χ1n) is 12.9. The van der Waals surface area contributed by atoms with Crippen LogP contribution in [-0.4, -0.2) is 63.0 Å². The second-order valence-corrected chi connectivity index (χ2v) is 10.3. The summed E-state index contributed by atoms with van der Waals surface area (Å²) in [5.41, 5.74) is 9.33. The van der Waals surface area contributed by atoms with Crippen LogP contribution in [0.4, 0.5) is 0 Å². The van der Waals surface area contributed by atoms with E-state index < -0.39 is 0 Å². The molecule has 37 heavy (non-hydrogen) atoms. The predicted molar refractivity (Wildman–Crippen MR) is 150 cm³/mol. The first-order chi connectivity index (χ1) is 18.0. The van der Waals surface area contributed by atoms with Crippen LogP contribution >= 0.6 is 0 Å². The van der Waals surface area contributed by atoms with Gasteiger partial charge in [0.25, 0.3) is 0 Å². The highest BCUT2D eigenvalue weighted by molar-refractivity contribution is 5.95. The number of hydrogen-bond acceptors (Lipinski definition) is 5. The van der Waals surface area contributed by atoms with Crippen molar-refractivity contribution in [1.29, 1.82) is 0 Å². The minimum atomic E-state index is 0.662. The van der Waals surface area contributed by atoms with Gasteiger partial charge in [0.15, 0.2) is 0 Å². The normalized spacial score (nSPS) is 16.2. The maximum atomic E-state index is 4.83. The molecule has 6 rings (SSSR count). The van der Waals surface area contributed by atoms with Crippen molar-refractivity contribution in [2.75, 3.05) is 27.2 Å². The summed E-state index contributed by atoms with van der Waals surface area (Å²) in [7, 11) is 4.36. The predicted octanol–water partition coefficient (Wildman–Crippen LogP) is 5.80. The van der Waals surface area contributed by atoms with E-state index in [-0.39, 0.29) is 0 Å². The Hall–Kier alpha value is -3.87. The van der Waals surface area contributed by atoms with Crippen LogP contribution in [0.5, 0.6) is 0 Å². The monoisotopic (exact) mass is 488 g/mol. The summed E-state index contributed by atoms with van der Waals surface area (Å²) in [5.74, 6) is 0. The molecule has 1 fully saturated rings. The fourth-order valence-corrected chi connectivity index (χ4v) is 5.28. The lowest BCUT2D eigenvalue weighted by Gasteiger charge is -2.20. The lowest BCUT2D eigenvalue weighted by atomic mass is 9.99. The average molecular weight is 489 g/mol. The highest BCUT2D eigenvalue weighted by atomic mass is 15.2. The van der Waals surface area contributed by atoms with Gasteiger partial charge in [0.05, 0.1) is 11.4 Å². The molecule has 0 bridgehead atoms. The van der Waals surface area contributed by atoms with Gasteiger partial charge in [-0.1, -0.05) is 30.3 Å². The van der Waals surface area contributed by atoms with Gasteiger partial charge in [-0.25, -0.2) is 4.98 Å². The summed E-state index contributed by atoms with van der Waals surface area (Å²) in [4.78, 5) is 22.3. The molecule has 0 unspecified atom stereocenters. The van der Waals surface area contributed by atoms with E-state index in [2.05, 4.69) is 76.3 Å². The molecule has 0 saturated carbocycles. The van der Waals surface area contributed by atoms with Crippen molar-refractivity contribution in [3.8, 4) is 33.6 Å². The quantitative estimate of drug-likeness (QED) is 0.327. The van der Waals surface area contributed by atoms with Crippen molar-refractivity contribution in [3.05, 3.63) is 90.5 Å². The van der Waals surface area contributed by atoms with Crippen LogP contribution in [0.1, 0.15) is 17.7 Å². The van der Waals surface area contributed by atoms with Gasteiger partial charge in [-0.15, -0.1) is 0 Å². The van der Waals surface area contributed by atoms with Crippen molar-refractivity contribution in [2.24, 2.45) is 0 Å². The van der Waals surface area contributed by atoms with Gasteiger partial charge in [-0.05, 0) is 74.5 Å². The lowest BCUT2D eigenvalue weighted by Crippen LogP contribution is -2.31. The zero-order chi connectivity index (χ0) is 25.4. The highest BCUT2D eigenvalue weighted by Gasteiger charge is 2.23. The summed E-state index contributed by atoms with van der Waals surface area (Å²) in [6, 6.07) is 22.1. The molecule has 1 aliphatic rings. The summed E-state index contributed by atoms with van der Waals surface area (Å²) in [6.45, 7) is 5.31. The molecule has 5 aromatic rings.